The summed E-state index contributed by atoms with van der Waals surface area (Å²) in [7, 11) is 0. The predicted molar refractivity (Wildman–Crippen MR) is 51.1 cm³/mol. The fraction of sp³-hybridized carbons (Fsp3) is 0. The number of nitrogens with two attached hydrogens (primary N) is 1. The molecule has 0 saturated carbocycles. The van der Waals surface area contributed by atoms with E-state index in [1.54, 1.807) is 6.07 Å². The first-order chi connectivity index (χ1) is 6.18. The van der Waals surface area contributed by atoms with Crippen LogP contribution in [-0.4, -0.2) is 4.98 Å². The Labute approximate surface area is 79.1 Å². The van der Waals surface area contributed by atoms with E-state index in [4.69, 9.17) is 17.3 Å². The maximum absolute atomic E-state index is 12.9. The summed E-state index contributed by atoms with van der Waals surface area (Å²) in [6.45, 7) is 0. The second kappa shape index (κ2) is 2.85. The Morgan fingerprint density at radius 2 is 2.15 bits per heavy atom. The summed E-state index contributed by atoms with van der Waals surface area (Å²) in [5.74, 6) is -0.0504. The van der Waals surface area contributed by atoms with Crippen LogP contribution in [0.1, 0.15) is 0 Å². The standard InChI is InChI=1S/C9H6ClFN2/c10-7-4-6(11)3-5-1-2-13-9(12)8(5)7/h1-4H,(H2,12,13). The molecule has 0 fully saturated rings. The van der Waals surface area contributed by atoms with Gasteiger partial charge in [-0.15, -0.1) is 0 Å². The van der Waals surface area contributed by atoms with Crippen LogP contribution in [0.25, 0.3) is 10.8 Å². The molecule has 0 saturated heterocycles. The van der Waals surface area contributed by atoms with Crippen molar-refractivity contribution in [1.82, 2.24) is 4.98 Å². The Morgan fingerprint density at radius 1 is 1.38 bits per heavy atom. The van der Waals surface area contributed by atoms with Gasteiger partial charge in [0, 0.05) is 11.6 Å². The van der Waals surface area contributed by atoms with Gasteiger partial charge < -0.3 is 5.73 Å². The highest BCUT2D eigenvalue weighted by atomic mass is 35.5. The lowest BCUT2D eigenvalue weighted by Crippen LogP contribution is -1.91. The summed E-state index contributed by atoms with van der Waals surface area (Å²) in [4.78, 5) is 3.87. The molecule has 0 radical (unpaired) electrons. The van der Waals surface area contributed by atoms with Gasteiger partial charge in [-0.3, -0.25) is 0 Å². The zero-order chi connectivity index (χ0) is 9.42. The SMILES string of the molecule is Nc1nccc2cc(F)cc(Cl)c12. The fourth-order valence-corrected chi connectivity index (χ4v) is 1.57. The number of halogens is 2. The van der Waals surface area contributed by atoms with E-state index in [1.807, 2.05) is 0 Å². The normalized spacial score (nSPS) is 10.6. The predicted octanol–water partition coefficient (Wildman–Crippen LogP) is 2.61. The lowest BCUT2D eigenvalue weighted by molar-refractivity contribution is 0.630. The molecule has 0 atom stereocenters. The van der Waals surface area contributed by atoms with Gasteiger partial charge in [0.1, 0.15) is 11.6 Å². The van der Waals surface area contributed by atoms with E-state index in [9.17, 15) is 4.39 Å². The molecular formula is C9H6ClFN2. The topological polar surface area (TPSA) is 38.9 Å². The number of rotatable bonds is 0. The largest absolute Gasteiger partial charge is 0.383 e. The second-order valence-corrected chi connectivity index (χ2v) is 3.09. The third kappa shape index (κ3) is 1.31. The monoisotopic (exact) mass is 196 g/mol. The zero-order valence-electron chi connectivity index (χ0n) is 6.59. The molecule has 13 heavy (non-hydrogen) atoms. The van der Waals surface area contributed by atoms with E-state index < -0.39 is 0 Å². The number of anilines is 1. The van der Waals surface area contributed by atoms with Crippen molar-refractivity contribution in [3.05, 3.63) is 35.2 Å². The minimum Gasteiger partial charge on any atom is -0.383 e. The molecule has 0 spiro atoms. The lowest BCUT2D eigenvalue weighted by atomic mass is 10.1. The van der Waals surface area contributed by atoms with E-state index in [-0.39, 0.29) is 5.82 Å². The summed E-state index contributed by atoms with van der Waals surface area (Å²) < 4.78 is 12.9. The molecule has 2 aromatic rings. The molecule has 2 nitrogen and oxygen atoms in total. The van der Waals surface area contributed by atoms with Crippen LogP contribution >= 0.6 is 11.6 Å². The average molecular weight is 197 g/mol. The van der Waals surface area contributed by atoms with Crippen molar-refractivity contribution in [2.24, 2.45) is 0 Å². The van der Waals surface area contributed by atoms with E-state index in [1.165, 1.54) is 18.3 Å². The Bertz CT molecular complexity index is 470. The molecule has 0 bridgehead atoms. The number of fused-ring (bicyclic) bond motifs is 1. The van der Waals surface area contributed by atoms with Gasteiger partial charge in [-0.05, 0) is 23.6 Å². The van der Waals surface area contributed by atoms with Gasteiger partial charge in [-0.1, -0.05) is 11.6 Å². The summed E-state index contributed by atoms with van der Waals surface area (Å²) >= 11 is 5.81. The number of pyridine rings is 1. The van der Waals surface area contributed by atoms with Crippen LogP contribution in [0.2, 0.25) is 5.02 Å². The molecule has 2 rings (SSSR count). The van der Waals surface area contributed by atoms with Crippen molar-refractivity contribution >= 4 is 28.2 Å². The molecule has 1 heterocycles. The third-order valence-electron chi connectivity index (χ3n) is 1.81. The van der Waals surface area contributed by atoms with Gasteiger partial charge >= 0.3 is 0 Å². The van der Waals surface area contributed by atoms with Crippen molar-refractivity contribution in [3.63, 3.8) is 0 Å². The van der Waals surface area contributed by atoms with Gasteiger partial charge in [-0.25, -0.2) is 9.37 Å². The minimum atomic E-state index is -0.372. The van der Waals surface area contributed by atoms with Crippen LogP contribution in [0.4, 0.5) is 10.2 Å². The van der Waals surface area contributed by atoms with E-state index in [0.717, 1.165) is 0 Å². The summed E-state index contributed by atoms with van der Waals surface area (Å²) in [6, 6.07) is 4.27. The first-order valence-corrected chi connectivity index (χ1v) is 4.05. The molecule has 1 aromatic heterocycles. The highest BCUT2D eigenvalue weighted by Gasteiger charge is 2.05. The highest BCUT2D eigenvalue weighted by molar-refractivity contribution is 6.36. The molecule has 2 N–H and O–H groups in total. The van der Waals surface area contributed by atoms with E-state index in [2.05, 4.69) is 4.98 Å². The molecule has 0 unspecified atom stereocenters. The number of hydrogen-bond donors (Lipinski definition) is 1. The van der Waals surface area contributed by atoms with Crippen molar-refractivity contribution in [2.75, 3.05) is 5.73 Å². The Hall–Kier alpha value is -1.35. The molecule has 0 amide bonds. The van der Waals surface area contributed by atoms with Gasteiger partial charge in [0.2, 0.25) is 0 Å². The minimum absolute atomic E-state index is 0.292. The highest BCUT2D eigenvalue weighted by Crippen LogP contribution is 2.27. The first-order valence-electron chi connectivity index (χ1n) is 3.68. The summed E-state index contributed by atoms with van der Waals surface area (Å²) in [5.41, 5.74) is 5.59. The molecule has 66 valence electrons. The van der Waals surface area contributed by atoms with Crippen LogP contribution in [0.5, 0.6) is 0 Å². The van der Waals surface area contributed by atoms with Gasteiger partial charge in [0.25, 0.3) is 0 Å². The van der Waals surface area contributed by atoms with Crippen LogP contribution in [0.3, 0.4) is 0 Å². The van der Waals surface area contributed by atoms with Crippen LogP contribution < -0.4 is 5.73 Å². The maximum atomic E-state index is 12.9. The quantitative estimate of drug-likeness (QED) is 0.704. The second-order valence-electron chi connectivity index (χ2n) is 2.68. The van der Waals surface area contributed by atoms with Crippen molar-refractivity contribution in [3.8, 4) is 0 Å². The number of benzene rings is 1. The van der Waals surface area contributed by atoms with Crippen molar-refractivity contribution in [2.45, 2.75) is 0 Å². The first kappa shape index (κ1) is 8.26. The molecule has 4 heteroatoms. The van der Waals surface area contributed by atoms with Crippen LogP contribution in [0.15, 0.2) is 24.4 Å². The average Bonchev–Trinajstić information content (AvgIpc) is 2.02. The Kier molecular flexibility index (Phi) is 1.81. The van der Waals surface area contributed by atoms with Crippen LogP contribution in [0, 0.1) is 5.82 Å². The molecule has 0 aliphatic rings. The number of hydrogen-bond acceptors (Lipinski definition) is 2. The molecule has 0 aliphatic heterocycles. The van der Waals surface area contributed by atoms with Crippen molar-refractivity contribution < 1.29 is 4.39 Å². The fourth-order valence-electron chi connectivity index (χ4n) is 1.26. The Morgan fingerprint density at radius 3 is 2.92 bits per heavy atom. The van der Waals surface area contributed by atoms with Gasteiger partial charge in [-0.2, -0.15) is 0 Å². The smallest absolute Gasteiger partial charge is 0.132 e. The molecular weight excluding hydrogens is 191 g/mol. The summed E-state index contributed by atoms with van der Waals surface area (Å²) in [6.07, 6.45) is 1.52. The molecule has 1 aromatic carbocycles. The number of nitrogen functional groups attached to an aromatic ring is 1. The van der Waals surface area contributed by atoms with Gasteiger partial charge in [0.15, 0.2) is 0 Å². The van der Waals surface area contributed by atoms with Gasteiger partial charge in [0.05, 0.1) is 5.02 Å². The zero-order valence-corrected chi connectivity index (χ0v) is 7.35. The summed E-state index contributed by atoms with van der Waals surface area (Å²) in [5, 5.41) is 1.56. The Balaban J connectivity index is 2.94. The van der Waals surface area contributed by atoms with E-state index in [0.29, 0.717) is 21.6 Å². The van der Waals surface area contributed by atoms with Crippen molar-refractivity contribution in [1.29, 1.82) is 0 Å². The lowest BCUT2D eigenvalue weighted by Gasteiger charge is -2.02. The van der Waals surface area contributed by atoms with E-state index >= 15 is 0 Å². The molecule has 0 aliphatic carbocycles. The number of nitrogens with zero attached hydrogens (tertiary/aromatic N) is 1. The van der Waals surface area contributed by atoms with Crippen LogP contribution in [-0.2, 0) is 0 Å². The third-order valence-corrected chi connectivity index (χ3v) is 2.11. The number of aromatic nitrogens is 1. The maximum Gasteiger partial charge on any atom is 0.132 e.